The number of hydrogen-bond donors (Lipinski definition) is 0. The predicted molar refractivity (Wildman–Crippen MR) is 72.7 cm³/mol. The zero-order valence-corrected chi connectivity index (χ0v) is 11.1. The third-order valence-electron chi connectivity index (χ3n) is 3.00. The van der Waals surface area contributed by atoms with Crippen molar-refractivity contribution < 1.29 is 4.79 Å². The van der Waals surface area contributed by atoms with Crippen molar-refractivity contribution in [2.75, 3.05) is 0 Å². The van der Waals surface area contributed by atoms with Crippen LogP contribution in [-0.4, -0.2) is 15.6 Å². The van der Waals surface area contributed by atoms with Crippen molar-refractivity contribution in [2.24, 2.45) is 0 Å². The Morgan fingerprint density at radius 1 is 1.28 bits per heavy atom. The van der Waals surface area contributed by atoms with Crippen LogP contribution in [0.25, 0.3) is 11.1 Å². The minimum Gasteiger partial charge on any atom is -0.295 e. The third kappa shape index (κ3) is 2.50. The first-order chi connectivity index (χ1) is 8.61. The molecule has 0 aliphatic rings. The van der Waals surface area contributed by atoms with Crippen molar-refractivity contribution in [2.45, 2.75) is 33.7 Å². The van der Waals surface area contributed by atoms with Gasteiger partial charge < -0.3 is 0 Å². The monoisotopic (exact) mass is 242 g/mol. The summed E-state index contributed by atoms with van der Waals surface area (Å²) in [5.74, 6) is 0.0972. The Kier molecular flexibility index (Phi) is 3.60. The number of hydrogen-bond acceptors (Lipinski definition) is 2. The fourth-order valence-electron chi connectivity index (χ4n) is 2.03. The second-order valence-corrected chi connectivity index (χ2v) is 4.52. The quantitative estimate of drug-likeness (QED) is 0.769. The first-order valence-electron chi connectivity index (χ1n) is 6.27. The minimum absolute atomic E-state index is 0.0972. The standard InChI is InChI=1S/C15H18N2O/c1-4-9-17-10-15(11(2)16-17)14-7-5-13(6-8-14)12(3)18/h5-8,10H,4,9H2,1-3H3. The molecule has 0 aliphatic carbocycles. The van der Waals surface area contributed by atoms with Crippen LogP contribution in [0.4, 0.5) is 0 Å². The molecule has 0 amide bonds. The molecule has 3 heteroatoms. The fourth-order valence-corrected chi connectivity index (χ4v) is 2.03. The fraction of sp³-hybridized carbons (Fsp3) is 0.333. The highest BCUT2D eigenvalue weighted by molar-refractivity contribution is 5.94. The topological polar surface area (TPSA) is 34.9 Å². The lowest BCUT2D eigenvalue weighted by Gasteiger charge is -2.00. The van der Waals surface area contributed by atoms with E-state index in [0.717, 1.165) is 35.3 Å². The number of benzene rings is 1. The highest BCUT2D eigenvalue weighted by Crippen LogP contribution is 2.23. The Bertz CT molecular complexity index is 552. The van der Waals surface area contributed by atoms with E-state index < -0.39 is 0 Å². The van der Waals surface area contributed by atoms with Crippen molar-refractivity contribution in [3.63, 3.8) is 0 Å². The van der Waals surface area contributed by atoms with Crippen molar-refractivity contribution in [3.05, 3.63) is 41.7 Å². The summed E-state index contributed by atoms with van der Waals surface area (Å²) < 4.78 is 1.98. The van der Waals surface area contributed by atoms with Gasteiger partial charge in [-0.15, -0.1) is 0 Å². The van der Waals surface area contributed by atoms with Gasteiger partial charge in [0, 0.05) is 23.9 Å². The second kappa shape index (κ2) is 5.17. The average molecular weight is 242 g/mol. The molecule has 3 nitrogen and oxygen atoms in total. The van der Waals surface area contributed by atoms with Crippen LogP contribution in [0.3, 0.4) is 0 Å². The van der Waals surface area contributed by atoms with E-state index in [9.17, 15) is 4.79 Å². The van der Waals surface area contributed by atoms with Gasteiger partial charge in [0.2, 0.25) is 0 Å². The SMILES string of the molecule is CCCn1cc(-c2ccc(C(C)=O)cc2)c(C)n1. The van der Waals surface area contributed by atoms with Gasteiger partial charge in [-0.1, -0.05) is 31.2 Å². The van der Waals surface area contributed by atoms with Gasteiger partial charge >= 0.3 is 0 Å². The van der Waals surface area contributed by atoms with Crippen LogP contribution in [-0.2, 0) is 6.54 Å². The van der Waals surface area contributed by atoms with Crippen LogP contribution in [0.2, 0.25) is 0 Å². The molecule has 0 saturated carbocycles. The van der Waals surface area contributed by atoms with Gasteiger partial charge in [0.15, 0.2) is 5.78 Å². The molecular formula is C15H18N2O. The molecule has 0 atom stereocenters. The molecule has 2 rings (SSSR count). The third-order valence-corrected chi connectivity index (χ3v) is 3.00. The average Bonchev–Trinajstić information content (AvgIpc) is 2.71. The number of rotatable bonds is 4. The second-order valence-electron chi connectivity index (χ2n) is 4.52. The van der Waals surface area contributed by atoms with Crippen molar-refractivity contribution >= 4 is 5.78 Å². The minimum atomic E-state index is 0.0972. The zero-order chi connectivity index (χ0) is 13.1. The summed E-state index contributed by atoms with van der Waals surface area (Å²) in [6.45, 7) is 6.67. The summed E-state index contributed by atoms with van der Waals surface area (Å²) in [4.78, 5) is 11.2. The lowest BCUT2D eigenvalue weighted by atomic mass is 10.0. The molecule has 94 valence electrons. The molecule has 0 radical (unpaired) electrons. The zero-order valence-electron chi connectivity index (χ0n) is 11.1. The van der Waals surface area contributed by atoms with E-state index >= 15 is 0 Å². The van der Waals surface area contributed by atoms with E-state index in [4.69, 9.17) is 0 Å². The summed E-state index contributed by atoms with van der Waals surface area (Å²) in [5.41, 5.74) is 4.02. The van der Waals surface area contributed by atoms with Crippen molar-refractivity contribution in [3.8, 4) is 11.1 Å². The van der Waals surface area contributed by atoms with Crippen LogP contribution < -0.4 is 0 Å². The molecule has 0 aliphatic heterocycles. The highest BCUT2D eigenvalue weighted by Gasteiger charge is 2.07. The number of aromatic nitrogens is 2. The van der Waals surface area contributed by atoms with Gasteiger partial charge in [0.05, 0.1) is 5.69 Å². The number of aryl methyl sites for hydroxylation is 2. The number of nitrogens with zero attached hydrogens (tertiary/aromatic N) is 2. The molecule has 0 fully saturated rings. The Labute approximate surface area is 107 Å². The molecular weight excluding hydrogens is 224 g/mol. The summed E-state index contributed by atoms with van der Waals surface area (Å²) in [5, 5.41) is 4.48. The van der Waals surface area contributed by atoms with Gasteiger partial charge in [-0.25, -0.2) is 0 Å². The van der Waals surface area contributed by atoms with Gasteiger partial charge in [0.1, 0.15) is 0 Å². The molecule has 1 aromatic heterocycles. The summed E-state index contributed by atoms with van der Waals surface area (Å²) in [6, 6.07) is 7.70. The molecule has 0 unspecified atom stereocenters. The maximum absolute atomic E-state index is 11.2. The molecule has 1 aromatic carbocycles. The number of Topliss-reactive ketones (excluding diaryl/α,β-unsaturated/α-hetero) is 1. The molecule has 0 N–H and O–H groups in total. The van der Waals surface area contributed by atoms with E-state index in [2.05, 4.69) is 18.2 Å². The number of carbonyl (C=O) groups excluding carboxylic acids is 1. The maximum atomic E-state index is 11.2. The lowest BCUT2D eigenvalue weighted by molar-refractivity contribution is 0.101. The molecule has 0 bridgehead atoms. The molecule has 18 heavy (non-hydrogen) atoms. The highest BCUT2D eigenvalue weighted by atomic mass is 16.1. The summed E-state index contributed by atoms with van der Waals surface area (Å²) >= 11 is 0. The van der Waals surface area contributed by atoms with E-state index in [1.54, 1.807) is 6.92 Å². The molecule has 0 saturated heterocycles. The molecule has 2 aromatic rings. The van der Waals surface area contributed by atoms with Gasteiger partial charge in [-0.2, -0.15) is 5.10 Å². The molecule has 0 spiro atoms. The van der Waals surface area contributed by atoms with E-state index in [-0.39, 0.29) is 5.78 Å². The summed E-state index contributed by atoms with van der Waals surface area (Å²) in [6.07, 6.45) is 3.14. The Hall–Kier alpha value is -1.90. The Balaban J connectivity index is 2.33. The van der Waals surface area contributed by atoms with Crippen molar-refractivity contribution in [1.29, 1.82) is 0 Å². The Morgan fingerprint density at radius 2 is 1.94 bits per heavy atom. The van der Waals surface area contributed by atoms with Crippen LogP contribution >= 0.6 is 0 Å². The lowest BCUT2D eigenvalue weighted by Crippen LogP contribution is -1.96. The van der Waals surface area contributed by atoms with Crippen LogP contribution in [0.15, 0.2) is 30.5 Å². The van der Waals surface area contributed by atoms with Gasteiger partial charge in [-0.3, -0.25) is 9.48 Å². The van der Waals surface area contributed by atoms with Gasteiger partial charge in [0.25, 0.3) is 0 Å². The largest absolute Gasteiger partial charge is 0.295 e. The van der Waals surface area contributed by atoms with Crippen LogP contribution in [0.5, 0.6) is 0 Å². The van der Waals surface area contributed by atoms with Gasteiger partial charge in [-0.05, 0) is 25.8 Å². The van der Waals surface area contributed by atoms with Crippen LogP contribution in [0.1, 0.15) is 36.3 Å². The van der Waals surface area contributed by atoms with E-state index in [1.165, 1.54) is 0 Å². The van der Waals surface area contributed by atoms with Crippen molar-refractivity contribution in [1.82, 2.24) is 9.78 Å². The number of carbonyl (C=O) groups is 1. The summed E-state index contributed by atoms with van der Waals surface area (Å²) in [7, 11) is 0. The predicted octanol–water partition coefficient (Wildman–Crippen LogP) is 3.47. The maximum Gasteiger partial charge on any atom is 0.159 e. The number of ketones is 1. The molecule has 1 heterocycles. The normalized spacial score (nSPS) is 10.6. The Morgan fingerprint density at radius 3 is 2.50 bits per heavy atom. The smallest absolute Gasteiger partial charge is 0.159 e. The van der Waals surface area contributed by atoms with E-state index in [0.29, 0.717) is 0 Å². The first-order valence-corrected chi connectivity index (χ1v) is 6.27. The van der Waals surface area contributed by atoms with Crippen LogP contribution in [0, 0.1) is 6.92 Å². The van der Waals surface area contributed by atoms with E-state index in [1.807, 2.05) is 35.9 Å². The first kappa shape index (κ1) is 12.6.